The standard InChI is InChI=1S/C20H14BF6NO/c22-19(23,24)14-4-8-16(9-5-14)21(29-13-18-3-1-2-12-28-18)17-10-6-15(7-11-17)20(25,26)27/h1-12H,13H2. The lowest BCUT2D eigenvalue weighted by Gasteiger charge is -2.17. The summed E-state index contributed by atoms with van der Waals surface area (Å²) in [5.74, 6) is 0. The molecule has 2 aromatic carbocycles. The molecule has 0 saturated heterocycles. The van der Waals surface area contributed by atoms with Gasteiger partial charge in [-0.05, 0) is 23.1 Å². The van der Waals surface area contributed by atoms with Crippen LogP contribution in [0.3, 0.4) is 0 Å². The number of aromatic nitrogens is 1. The van der Waals surface area contributed by atoms with E-state index in [0.29, 0.717) is 16.6 Å². The minimum Gasteiger partial charge on any atom is -0.421 e. The molecule has 0 aliphatic heterocycles. The number of pyridine rings is 1. The molecule has 1 aromatic heterocycles. The van der Waals surface area contributed by atoms with Crippen LogP contribution >= 0.6 is 0 Å². The smallest absolute Gasteiger partial charge is 0.416 e. The summed E-state index contributed by atoms with van der Waals surface area (Å²) >= 11 is 0. The number of alkyl halides is 6. The first-order chi connectivity index (χ1) is 13.6. The van der Waals surface area contributed by atoms with Crippen molar-refractivity contribution < 1.29 is 31.0 Å². The number of hydrogen-bond donors (Lipinski definition) is 0. The molecule has 3 aromatic rings. The molecule has 0 N–H and O–H groups in total. The monoisotopic (exact) mass is 409 g/mol. The lowest BCUT2D eigenvalue weighted by molar-refractivity contribution is -0.138. The summed E-state index contributed by atoms with van der Waals surface area (Å²) in [6.45, 7) is -0.824. The number of halogens is 6. The molecule has 2 nitrogen and oxygen atoms in total. The van der Waals surface area contributed by atoms with Gasteiger partial charge in [-0.3, -0.25) is 4.98 Å². The Labute approximate surface area is 163 Å². The van der Waals surface area contributed by atoms with Crippen LogP contribution in [0.4, 0.5) is 26.3 Å². The highest BCUT2D eigenvalue weighted by Gasteiger charge is 2.32. The van der Waals surface area contributed by atoms with Gasteiger partial charge in [0.05, 0.1) is 23.4 Å². The van der Waals surface area contributed by atoms with Crippen LogP contribution in [0.5, 0.6) is 0 Å². The van der Waals surface area contributed by atoms with Crippen LogP contribution in [0.1, 0.15) is 16.8 Å². The maximum atomic E-state index is 12.8. The minimum atomic E-state index is -4.49. The molecule has 150 valence electrons. The van der Waals surface area contributed by atoms with E-state index >= 15 is 0 Å². The molecule has 0 aliphatic rings. The second-order valence-electron chi connectivity index (χ2n) is 6.25. The topological polar surface area (TPSA) is 22.1 Å². The second-order valence-corrected chi connectivity index (χ2v) is 6.25. The first kappa shape index (κ1) is 20.9. The van der Waals surface area contributed by atoms with Gasteiger partial charge in [0.25, 0.3) is 0 Å². The van der Waals surface area contributed by atoms with Crippen molar-refractivity contribution in [2.24, 2.45) is 0 Å². The third kappa shape index (κ3) is 5.38. The van der Waals surface area contributed by atoms with Crippen molar-refractivity contribution in [2.45, 2.75) is 19.0 Å². The molecule has 0 amide bonds. The summed E-state index contributed by atoms with van der Waals surface area (Å²) in [6, 6.07) is 13.8. The van der Waals surface area contributed by atoms with E-state index in [9.17, 15) is 26.3 Å². The normalized spacial score (nSPS) is 12.1. The van der Waals surface area contributed by atoms with Crippen LogP contribution in [-0.4, -0.2) is 11.9 Å². The summed E-state index contributed by atoms with van der Waals surface area (Å²) in [5, 5.41) is 0. The molecular formula is C20H14BF6NO. The zero-order chi connectivity index (χ0) is 21.1. The Morgan fingerprint density at radius 2 is 1.17 bits per heavy atom. The van der Waals surface area contributed by atoms with Crippen LogP contribution in [-0.2, 0) is 23.6 Å². The van der Waals surface area contributed by atoms with Gasteiger partial charge in [-0.1, -0.05) is 54.6 Å². The molecule has 0 saturated carbocycles. The van der Waals surface area contributed by atoms with Crippen molar-refractivity contribution in [3.8, 4) is 0 Å². The van der Waals surface area contributed by atoms with Crippen LogP contribution in [0.25, 0.3) is 0 Å². The summed E-state index contributed by atoms with van der Waals surface area (Å²) in [7, 11) is 0. The lowest BCUT2D eigenvalue weighted by atomic mass is 9.55. The molecule has 1 heterocycles. The predicted molar refractivity (Wildman–Crippen MR) is 96.9 cm³/mol. The molecule has 0 unspecified atom stereocenters. The quantitative estimate of drug-likeness (QED) is 0.459. The number of rotatable bonds is 5. The zero-order valence-electron chi connectivity index (χ0n) is 14.8. The van der Waals surface area contributed by atoms with Crippen molar-refractivity contribution in [3.05, 3.63) is 89.7 Å². The van der Waals surface area contributed by atoms with E-state index < -0.39 is 30.4 Å². The van der Waals surface area contributed by atoms with E-state index in [1.807, 2.05) is 0 Å². The summed E-state index contributed by atoms with van der Waals surface area (Å²) in [4.78, 5) is 4.11. The molecule has 9 heteroatoms. The highest BCUT2D eigenvalue weighted by Crippen LogP contribution is 2.29. The molecule has 0 fully saturated rings. The molecule has 0 bridgehead atoms. The van der Waals surface area contributed by atoms with Gasteiger partial charge in [0, 0.05) is 6.20 Å². The molecule has 0 aliphatic carbocycles. The van der Waals surface area contributed by atoms with Crippen LogP contribution in [0.2, 0.25) is 0 Å². The fraction of sp³-hybridized carbons (Fsp3) is 0.150. The largest absolute Gasteiger partial charge is 0.421 e. The Morgan fingerprint density at radius 3 is 1.55 bits per heavy atom. The van der Waals surface area contributed by atoms with E-state index in [1.165, 1.54) is 24.3 Å². The highest BCUT2D eigenvalue weighted by molar-refractivity contribution is 6.80. The zero-order valence-corrected chi connectivity index (χ0v) is 14.8. The van der Waals surface area contributed by atoms with Gasteiger partial charge in [0.15, 0.2) is 0 Å². The maximum Gasteiger partial charge on any atom is 0.416 e. The highest BCUT2D eigenvalue weighted by atomic mass is 19.4. The van der Waals surface area contributed by atoms with Crippen molar-refractivity contribution >= 4 is 17.8 Å². The lowest BCUT2D eigenvalue weighted by Crippen LogP contribution is -2.45. The third-order valence-corrected chi connectivity index (χ3v) is 4.21. The fourth-order valence-electron chi connectivity index (χ4n) is 2.73. The molecule has 29 heavy (non-hydrogen) atoms. The maximum absolute atomic E-state index is 12.8. The average molecular weight is 409 g/mol. The van der Waals surface area contributed by atoms with Gasteiger partial charge < -0.3 is 4.65 Å². The second kappa shape index (κ2) is 8.28. The SMILES string of the molecule is FC(F)(F)c1ccc(B(OCc2ccccn2)c2ccc(C(F)(F)F)cc2)cc1. The van der Waals surface area contributed by atoms with Gasteiger partial charge in [0.1, 0.15) is 0 Å². The van der Waals surface area contributed by atoms with Crippen molar-refractivity contribution in [2.75, 3.05) is 0 Å². The minimum absolute atomic E-state index is 0.0353. The molecule has 0 spiro atoms. The average Bonchev–Trinajstić information content (AvgIpc) is 2.68. The predicted octanol–water partition coefficient (Wildman–Crippen LogP) is 4.44. The Hall–Kier alpha value is -2.81. The molecular weight excluding hydrogens is 395 g/mol. The Kier molecular flexibility index (Phi) is 5.98. The van der Waals surface area contributed by atoms with Crippen LogP contribution in [0, 0.1) is 0 Å². The van der Waals surface area contributed by atoms with Crippen LogP contribution in [0.15, 0.2) is 72.9 Å². The van der Waals surface area contributed by atoms with Gasteiger partial charge in [-0.25, -0.2) is 0 Å². The van der Waals surface area contributed by atoms with E-state index in [0.717, 1.165) is 24.3 Å². The van der Waals surface area contributed by atoms with E-state index in [1.54, 1.807) is 24.4 Å². The Morgan fingerprint density at radius 1 is 0.690 bits per heavy atom. The summed E-state index contributed by atoms with van der Waals surface area (Å²) in [5.41, 5.74) is -0.298. The fourth-order valence-corrected chi connectivity index (χ4v) is 2.73. The van der Waals surface area contributed by atoms with Gasteiger partial charge >= 0.3 is 19.3 Å². The molecule has 0 atom stereocenters. The number of hydrogen-bond acceptors (Lipinski definition) is 2. The van der Waals surface area contributed by atoms with Crippen LogP contribution < -0.4 is 10.9 Å². The number of benzene rings is 2. The van der Waals surface area contributed by atoms with Gasteiger partial charge in [0.2, 0.25) is 0 Å². The summed E-state index contributed by atoms with van der Waals surface area (Å²) in [6.07, 6.45) is -7.42. The van der Waals surface area contributed by atoms with Gasteiger partial charge in [-0.15, -0.1) is 0 Å². The first-order valence-corrected chi connectivity index (χ1v) is 8.50. The van der Waals surface area contributed by atoms with E-state index in [4.69, 9.17) is 4.65 Å². The van der Waals surface area contributed by atoms with Crippen molar-refractivity contribution in [3.63, 3.8) is 0 Å². The number of nitrogens with zero attached hydrogens (tertiary/aromatic N) is 1. The Bertz CT molecular complexity index is 867. The Balaban J connectivity index is 1.91. The van der Waals surface area contributed by atoms with E-state index in [-0.39, 0.29) is 6.61 Å². The molecule has 3 rings (SSSR count). The van der Waals surface area contributed by atoms with E-state index in [2.05, 4.69) is 4.98 Å². The van der Waals surface area contributed by atoms with Crippen molar-refractivity contribution in [1.82, 2.24) is 4.98 Å². The summed E-state index contributed by atoms with van der Waals surface area (Å²) < 4.78 is 82.8. The van der Waals surface area contributed by atoms with Gasteiger partial charge in [-0.2, -0.15) is 26.3 Å². The third-order valence-electron chi connectivity index (χ3n) is 4.21. The first-order valence-electron chi connectivity index (χ1n) is 8.50. The van der Waals surface area contributed by atoms with Crippen molar-refractivity contribution in [1.29, 1.82) is 0 Å². The molecule has 0 radical (unpaired) electrons.